The van der Waals surface area contributed by atoms with Crippen LogP contribution >= 0.6 is 11.6 Å². The largest absolute Gasteiger partial charge is 0.477 e. The summed E-state index contributed by atoms with van der Waals surface area (Å²) in [6.07, 6.45) is 3.14. The highest BCUT2D eigenvalue weighted by atomic mass is 35.5. The first-order valence-corrected chi connectivity index (χ1v) is 10.2. The summed E-state index contributed by atoms with van der Waals surface area (Å²) in [5, 5.41) is 11.7. The third-order valence-corrected chi connectivity index (χ3v) is 5.79. The molecule has 0 fully saturated rings. The first-order valence-electron chi connectivity index (χ1n) is 9.80. The number of benzene rings is 2. The van der Waals surface area contributed by atoms with Crippen molar-refractivity contribution in [2.45, 2.75) is 18.9 Å². The highest BCUT2D eigenvalue weighted by Gasteiger charge is 2.39. The Hall–Kier alpha value is -3.44. The molecule has 0 saturated carbocycles. The van der Waals surface area contributed by atoms with Gasteiger partial charge >= 0.3 is 5.56 Å². The van der Waals surface area contributed by atoms with Gasteiger partial charge in [0.05, 0.1) is 6.42 Å². The van der Waals surface area contributed by atoms with Gasteiger partial charge in [0.2, 0.25) is 0 Å². The maximum atomic E-state index is 13.6. The van der Waals surface area contributed by atoms with Gasteiger partial charge < -0.3 is 5.11 Å². The van der Waals surface area contributed by atoms with Gasteiger partial charge in [-0.2, -0.15) is 9.13 Å². The van der Waals surface area contributed by atoms with Crippen LogP contribution < -0.4 is 10.1 Å². The van der Waals surface area contributed by atoms with E-state index in [-0.39, 0.29) is 23.0 Å². The standard InChI is InChI=1S/C24H18ClN3O2/c25-20-13-11-17(15-26-20)19-12-14-21-27(18-9-5-2-6-10-18)23(29)22(24(30)28(19)21)16-7-3-1-4-8-16/h1-11,13,15,19H,12,14H2/p+1. The minimum Gasteiger partial charge on any atom is -0.477 e. The molecule has 1 aliphatic heterocycles. The first kappa shape index (κ1) is 18.6. The fourth-order valence-electron chi connectivity index (χ4n) is 4.23. The van der Waals surface area contributed by atoms with Gasteiger partial charge in [-0.3, -0.25) is 0 Å². The van der Waals surface area contributed by atoms with Crippen LogP contribution in [0.5, 0.6) is 5.88 Å². The molecule has 0 bridgehead atoms. The molecule has 30 heavy (non-hydrogen) atoms. The zero-order chi connectivity index (χ0) is 20.7. The number of rotatable bonds is 3. The van der Waals surface area contributed by atoms with Crippen molar-refractivity contribution in [1.82, 2.24) is 9.55 Å². The molecule has 4 aromatic rings. The summed E-state index contributed by atoms with van der Waals surface area (Å²) in [7, 11) is 0. The molecule has 0 aliphatic carbocycles. The van der Waals surface area contributed by atoms with Gasteiger partial charge in [0, 0.05) is 18.2 Å². The van der Waals surface area contributed by atoms with Crippen molar-refractivity contribution in [3.05, 3.63) is 106 Å². The van der Waals surface area contributed by atoms with E-state index >= 15 is 0 Å². The predicted octanol–water partition coefficient (Wildman–Crippen LogP) is 4.08. The minimum atomic E-state index is -0.231. The van der Waals surface area contributed by atoms with Crippen molar-refractivity contribution in [3.63, 3.8) is 0 Å². The molecule has 1 N–H and O–H groups in total. The highest BCUT2D eigenvalue weighted by molar-refractivity contribution is 6.29. The van der Waals surface area contributed by atoms with Crippen molar-refractivity contribution in [2.75, 3.05) is 0 Å². The topological polar surface area (TPSA) is 59.0 Å². The molecule has 0 radical (unpaired) electrons. The number of hydrogen-bond donors (Lipinski definition) is 1. The summed E-state index contributed by atoms with van der Waals surface area (Å²) < 4.78 is 3.58. The third-order valence-electron chi connectivity index (χ3n) is 5.57. The second-order valence-corrected chi connectivity index (χ2v) is 7.68. The molecule has 0 spiro atoms. The average Bonchev–Trinajstić information content (AvgIpc) is 3.21. The van der Waals surface area contributed by atoms with Crippen molar-refractivity contribution in [1.29, 1.82) is 0 Å². The van der Waals surface area contributed by atoms with Crippen LogP contribution in [0.25, 0.3) is 16.8 Å². The molecule has 5 nitrogen and oxygen atoms in total. The maximum Gasteiger partial charge on any atom is 0.354 e. The van der Waals surface area contributed by atoms with Crippen molar-refractivity contribution in [2.24, 2.45) is 0 Å². The summed E-state index contributed by atoms with van der Waals surface area (Å²) in [6, 6.07) is 22.4. The van der Waals surface area contributed by atoms with E-state index in [9.17, 15) is 9.90 Å². The molecule has 2 aromatic carbocycles. The molecule has 1 aliphatic rings. The van der Waals surface area contributed by atoms with Gasteiger partial charge in [-0.15, -0.1) is 0 Å². The number of pyridine rings is 1. The van der Waals surface area contributed by atoms with E-state index in [1.54, 1.807) is 16.8 Å². The van der Waals surface area contributed by atoms with E-state index in [1.807, 2.05) is 71.3 Å². The van der Waals surface area contributed by atoms with Crippen LogP contribution in [0.3, 0.4) is 0 Å². The van der Waals surface area contributed by atoms with E-state index in [1.165, 1.54) is 0 Å². The molecule has 148 valence electrons. The lowest BCUT2D eigenvalue weighted by atomic mass is 10.1. The predicted molar refractivity (Wildman–Crippen MR) is 115 cm³/mol. The van der Waals surface area contributed by atoms with Crippen LogP contribution in [0.15, 0.2) is 83.8 Å². The Labute approximate surface area is 178 Å². The Morgan fingerprint density at radius 3 is 2.37 bits per heavy atom. The Bertz CT molecular complexity index is 1270. The molecule has 2 aromatic heterocycles. The number of fused-ring (bicyclic) bond motifs is 1. The van der Waals surface area contributed by atoms with Crippen molar-refractivity contribution in [3.8, 4) is 22.7 Å². The zero-order valence-electron chi connectivity index (χ0n) is 16.1. The van der Waals surface area contributed by atoms with Gasteiger partial charge in [-0.1, -0.05) is 66.2 Å². The quantitative estimate of drug-likeness (QED) is 0.404. The molecule has 1 atom stereocenters. The Balaban J connectivity index is 1.82. The second kappa shape index (κ2) is 7.43. The number of halogens is 1. The van der Waals surface area contributed by atoms with Crippen LogP contribution in [0.1, 0.15) is 23.9 Å². The smallest absolute Gasteiger partial charge is 0.354 e. The lowest BCUT2D eigenvalue weighted by Gasteiger charge is -2.15. The van der Waals surface area contributed by atoms with Crippen LogP contribution in [0, 0.1) is 0 Å². The normalized spacial score (nSPS) is 15.2. The second-order valence-electron chi connectivity index (χ2n) is 7.30. The molecule has 3 heterocycles. The fraction of sp³-hybridized carbons (Fsp3) is 0.125. The summed E-state index contributed by atoms with van der Waals surface area (Å²) in [4.78, 5) is 17.8. The molecular formula is C24H19ClN3O2+. The zero-order valence-corrected chi connectivity index (χ0v) is 16.8. The summed E-state index contributed by atoms with van der Waals surface area (Å²) in [5.41, 5.74) is 2.46. The third kappa shape index (κ3) is 2.99. The number of aromatic nitrogens is 3. The van der Waals surface area contributed by atoms with Gasteiger partial charge in [0.1, 0.15) is 16.9 Å². The molecule has 1 unspecified atom stereocenters. The van der Waals surface area contributed by atoms with Crippen LogP contribution in [-0.4, -0.2) is 14.7 Å². The van der Waals surface area contributed by atoms with Crippen molar-refractivity contribution < 1.29 is 9.67 Å². The highest BCUT2D eigenvalue weighted by Crippen LogP contribution is 2.32. The van der Waals surface area contributed by atoms with Gasteiger partial charge in [-0.25, -0.2) is 9.78 Å². The number of para-hydroxylation sites is 1. The maximum absolute atomic E-state index is 13.6. The number of aromatic hydroxyl groups is 1. The lowest BCUT2D eigenvalue weighted by Crippen LogP contribution is -2.45. The number of hydrogen-bond acceptors (Lipinski definition) is 3. The van der Waals surface area contributed by atoms with Crippen molar-refractivity contribution >= 4 is 11.6 Å². The van der Waals surface area contributed by atoms with E-state index in [0.717, 1.165) is 23.5 Å². The Kier molecular flexibility index (Phi) is 4.60. The molecule has 6 heteroatoms. The summed E-state index contributed by atoms with van der Waals surface area (Å²) >= 11 is 5.97. The molecular weight excluding hydrogens is 398 g/mol. The lowest BCUT2D eigenvalue weighted by molar-refractivity contribution is -0.716. The minimum absolute atomic E-state index is 0.0224. The summed E-state index contributed by atoms with van der Waals surface area (Å²) in [6.45, 7) is 0. The van der Waals surface area contributed by atoms with Crippen LogP contribution in [0.4, 0.5) is 0 Å². The molecule has 0 saturated heterocycles. The molecule has 0 amide bonds. The van der Waals surface area contributed by atoms with E-state index in [2.05, 4.69) is 4.98 Å². The first-order chi connectivity index (χ1) is 14.6. The van der Waals surface area contributed by atoms with E-state index in [0.29, 0.717) is 17.1 Å². The van der Waals surface area contributed by atoms with Crippen LogP contribution in [0.2, 0.25) is 5.15 Å². The Morgan fingerprint density at radius 2 is 1.70 bits per heavy atom. The number of nitrogens with zero attached hydrogens (tertiary/aromatic N) is 3. The van der Waals surface area contributed by atoms with E-state index in [4.69, 9.17) is 11.6 Å². The van der Waals surface area contributed by atoms with Gasteiger partial charge in [-0.05, 0) is 23.8 Å². The SMILES string of the molecule is O=c1c(-c2ccccc2)c(O)[n+]2c(n1-c1ccccc1)CCC2c1ccc(Cl)nc1. The van der Waals surface area contributed by atoms with E-state index < -0.39 is 0 Å². The average molecular weight is 417 g/mol. The Morgan fingerprint density at radius 1 is 1.00 bits per heavy atom. The monoisotopic (exact) mass is 416 g/mol. The van der Waals surface area contributed by atoms with Crippen LogP contribution in [-0.2, 0) is 6.42 Å². The fourth-order valence-corrected chi connectivity index (χ4v) is 4.34. The summed E-state index contributed by atoms with van der Waals surface area (Å²) in [5.74, 6) is 0.745. The molecule has 5 rings (SSSR count). The van der Waals surface area contributed by atoms with Gasteiger partial charge in [0.15, 0.2) is 5.56 Å². The van der Waals surface area contributed by atoms with Gasteiger partial charge in [0.25, 0.3) is 11.7 Å².